The van der Waals surface area contributed by atoms with Gasteiger partial charge in [-0.3, -0.25) is 0 Å². The van der Waals surface area contributed by atoms with Crippen LogP contribution in [0.2, 0.25) is 0 Å². The van der Waals surface area contributed by atoms with Gasteiger partial charge < -0.3 is 15.0 Å². The zero-order chi connectivity index (χ0) is 13.0. The lowest BCUT2D eigenvalue weighted by atomic mass is 10.2. The second-order valence-corrected chi connectivity index (χ2v) is 4.47. The largest absolute Gasteiger partial charge is 0.464 e. The van der Waals surface area contributed by atoms with Crippen LogP contribution in [0.4, 0.5) is 11.9 Å². The molecule has 0 radical (unpaired) electrons. The molecule has 1 aliphatic rings. The van der Waals surface area contributed by atoms with Crippen molar-refractivity contribution in [2.45, 2.75) is 38.6 Å². The van der Waals surface area contributed by atoms with E-state index in [-0.39, 0.29) is 0 Å². The van der Waals surface area contributed by atoms with Crippen LogP contribution < -0.4 is 15.0 Å². The van der Waals surface area contributed by atoms with Crippen molar-refractivity contribution < 1.29 is 4.74 Å². The summed E-state index contributed by atoms with van der Waals surface area (Å²) < 4.78 is 5.37. The van der Waals surface area contributed by atoms with Crippen LogP contribution in [-0.4, -0.2) is 41.7 Å². The first-order valence-electron chi connectivity index (χ1n) is 6.54. The molecule has 18 heavy (non-hydrogen) atoms. The average molecular weight is 251 g/mol. The monoisotopic (exact) mass is 251 g/mol. The molecule has 6 heteroatoms. The fourth-order valence-corrected chi connectivity index (χ4v) is 2.26. The van der Waals surface area contributed by atoms with E-state index in [1.807, 2.05) is 14.0 Å². The Morgan fingerprint density at radius 1 is 1.28 bits per heavy atom. The van der Waals surface area contributed by atoms with Crippen molar-refractivity contribution in [2.24, 2.45) is 0 Å². The first-order chi connectivity index (χ1) is 8.74. The van der Waals surface area contributed by atoms with Gasteiger partial charge in [-0.2, -0.15) is 15.0 Å². The van der Waals surface area contributed by atoms with Gasteiger partial charge in [0.25, 0.3) is 0 Å². The van der Waals surface area contributed by atoms with E-state index in [4.69, 9.17) is 4.74 Å². The van der Waals surface area contributed by atoms with E-state index in [0.29, 0.717) is 30.6 Å². The second kappa shape index (κ2) is 5.84. The molecule has 1 N–H and O–H groups in total. The molecule has 1 aromatic rings. The third kappa shape index (κ3) is 2.80. The van der Waals surface area contributed by atoms with Crippen LogP contribution in [0, 0.1) is 0 Å². The SMILES string of the molecule is CCOc1nc(NC)nc(N(C)C2CCCC2)n1. The van der Waals surface area contributed by atoms with Crippen LogP contribution in [0.5, 0.6) is 6.01 Å². The molecule has 1 aromatic heterocycles. The number of nitrogens with zero attached hydrogens (tertiary/aromatic N) is 4. The summed E-state index contributed by atoms with van der Waals surface area (Å²) in [6.07, 6.45) is 5.00. The van der Waals surface area contributed by atoms with Crippen molar-refractivity contribution in [3.05, 3.63) is 0 Å². The van der Waals surface area contributed by atoms with Crippen molar-refractivity contribution >= 4 is 11.9 Å². The van der Waals surface area contributed by atoms with Crippen LogP contribution in [0.3, 0.4) is 0 Å². The summed E-state index contributed by atoms with van der Waals surface area (Å²) in [5.74, 6) is 1.23. The Bertz CT molecular complexity index is 392. The molecule has 0 bridgehead atoms. The molecule has 0 saturated heterocycles. The highest BCUT2D eigenvalue weighted by Gasteiger charge is 2.22. The molecule has 1 aliphatic carbocycles. The zero-order valence-corrected chi connectivity index (χ0v) is 11.3. The van der Waals surface area contributed by atoms with E-state index in [1.54, 1.807) is 7.05 Å². The van der Waals surface area contributed by atoms with E-state index in [1.165, 1.54) is 25.7 Å². The van der Waals surface area contributed by atoms with Gasteiger partial charge in [0.2, 0.25) is 11.9 Å². The van der Waals surface area contributed by atoms with Gasteiger partial charge in [-0.15, -0.1) is 0 Å². The van der Waals surface area contributed by atoms with Gasteiger partial charge in [-0.25, -0.2) is 0 Å². The highest BCUT2D eigenvalue weighted by atomic mass is 16.5. The van der Waals surface area contributed by atoms with Crippen molar-refractivity contribution in [3.63, 3.8) is 0 Å². The molecule has 1 fully saturated rings. The quantitative estimate of drug-likeness (QED) is 0.859. The third-order valence-corrected chi connectivity index (χ3v) is 3.29. The average Bonchev–Trinajstić information content (AvgIpc) is 2.91. The lowest BCUT2D eigenvalue weighted by Gasteiger charge is -2.24. The number of hydrogen-bond donors (Lipinski definition) is 1. The topological polar surface area (TPSA) is 63.2 Å². The number of hydrogen-bond acceptors (Lipinski definition) is 6. The van der Waals surface area contributed by atoms with Gasteiger partial charge in [0.05, 0.1) is 6.61 Å². The maximum Gasteiger partial charge on any atom is 0.323 e. The lowest BCUT2D eigenvalue weighted by molar-refractivity contribution is 0.312. The summed E-state index contributed by atoms with van der Waals surface area (Å²) in [6.45, 7) is 2.48. The summed E-state index contributed by atoms with van der Waals surface area (Å²) in [6, 6.07) is 0.920. The number of rotatable bonds is 5. The fourth-order valence-electron chi connectivity index (χ4n) is 2.26. The van der Waals surface area contributed by atoms with Gasteiger partial charge in [-0.1, -0.05) is 12.8 Å². The Morgan fingerprint density at radius 3 is 2.61 bits per heavy atom. The predicted octanol–water partition coefficient (Wildman–Crippen LogP) is 1.69. The summed E-state index contributed by atoms with van der Waals surface area (Å²) in [5, 5.41) is 2.94. The normalized spacial score (nSPS) is 15.7. The van der Waals surface area contributed by atoms with E-state index >= 15 is 0 Å². The second-order valence-electron chi connectivity index (χ2n) is 4.47. The molecule has 0 unspecified atom stereocenters. The molecular formula is C12H21N5O. The Morgan fingerprint density at radius 2 is 2.00 bits per heavy atom. The number of aromatic nitrogens is 3. The smallest absolute Gasteiger partial charge is 0.323 e. The van der Waals surface area contributed by atoms with Gasteiger partial charge in [0, 0.05) is 20.1 Å². The van der Waals surface area contributed by atoms with Crippen molar-refractivity contribution in [1.29, 1.82) is 0 Å². The van der Waals surface area contributed by atoms with Crippen LogP contribution in [0.1, 0.15) is 32.6 Å². The minimum atomic E-state index is 0.386. The van der Waals surface area contributed by atoms with Crippen LogP contribution in [0.25, 0.3) is 0 Å². The Kier molecular flexibility index (Phi) is 4.17. The molecule has 1 heterocycles. The highest BCUT2D eigenvalue weighted by Crippen LogP contribution is 2.26. The molecule has 2 rings (SSSR count). The summed E-state index contributed by atoms with van der Waals surface area (Å²) >= 11 is 0. The molecular weight excluding hydrogens is 230 g/mol. The molecule has 100 valence electrons. The number of ether oxygens (including phenoxy) is 1. The molecule has 0 spiro atoms. The Balaban J connectivity index is 2.21. The van der Waals surface area contributed by atoms with Crippen molar-refractivity contribution in [1.82, 2.24) is 15.0 Å². The Labute approximate surface area is 108 Å². The summed E-state index contributed by atoms with van der Waals surface area (Å²) in [7, 11) is 3.84. The first-order valence-corrected chi connectivity index (χ1v) is 6.54. The van der Waals surface area contributed by atoms with E-state index in [2.05, 4.69) is 25.2 Å². The number of nitrogens with one attached hydrogen (secondary N) is 1. The minimum Gasteiger partial charge on any atom is -0.464 e. The molecule has 1 saturated carbocycles. The predicted molar refractivity (Wildman–Crippen MR) is 71.2 cm³/mol. The van der Waals surface area contributed by atoms with E-state index in [0.717, 1.165) is 0 Å². The van der Waals surface area contributed by atoms with Crippen LogP contribution in [0.15, 0.2) is 0 Å². The van der Waals surface area contributed by atoms with Gasteiger partial charge in [0.15, 0.2) is 0 Å². The van der Waals surface area contributed by atoms with Gasteiger partial charge in [0.1, 0.15) is 0 Å². The Hall–Kier alpha value is -1.59. The summed E-state index contributed by atoms with van der Waals surface area (Å²) in [5.41, 5.74) is 0. The van der Waals surface area contributed by atoms with E-state index in [9.17, 15) is 0 Å². The molecule has 0 amide bonds. The summed E-state index contributed by atoms with van der Waals surface area (Å²) in [4.78, 5) is 15.1. The van der Waals surface area contributed by atoms with Crippen LogP contribution in [-0.2, 0) is 0 Å². The standard InChI is InChI=1S/C12H21N5O/c1-4-18-12-15-10(13-2)14-11(16-12)17(3)9-7-5-6-8-9/h9H,4-8H2,1-3H3,(H,13,14,15,16). The van der Waals surface area contributed by atoms with Gasteiger partial charge >= 0.3 is 6.01 Å². The van der Waals surface area contributed by atoms with Crippen molar-refractivity contribution in [3.8, 4) is 6.01 Å². The number of anilines is 2. The fraction of sp³-hybridized carbons (Fsp3) is 0.750. The van der Waals surface area contributed by atoms with Crippen LogP contribution >= 0.6 is 0 Å². The molecule has 0 aromatic carbocycles. The molecule has 6 nitrogen and oxygen atoms in total. The first kappa shape index (κ1) is 12.9. The van der Waals surface area contributed by atoms with E-state index < -0.39 is 0 Å². The van der Waals surface area contributed by atoms with Crippen molar-refractivity contribution in [2.75, 3.05) is 30.9 Å². The third-order valence-electron chi connectivity index (χ3n) is 3.29. The lowest BCUT2D eigenvalue weighted by Crippen LogP contribution is -2.30. The maximum absolute atomic E-state index is 5.37. The molecule has 0 atom stereocenters. The maximum atomic E-state index is 5.37. The minimum absolute atomic E-state index is 0.386. The highest BCUT2D eigenvalue weighted by molar-refractivity contribution is 5.38. The zero-order valence-electron chi connectivity index (χ0n) is 11.3. The van der Waals surface area contributed by atoms with Gasteiger partial charge in [-0.05, 0) is 19.8 Å². The molecule has 0 aliphatic heterocycles.